The van der Waals surface area contributed by atoms with Crippen LogP contribution in [0.15, 0.2) is 205 Å². The Labute approximate surface area is 522 Å². The Kier molecular flexibility index (Phi) is 30.8. The fraction of sp³-hybridized carbons (Fsp3) is 0.316. The van der Waals surface area contributed by atoms with Crippen molar-refractivity contribution in [2.24, 2.45) is 28.7 Å². The third-order valence-corrected chi connectivity index (χ3v) is 13.2. The zero-order chi connectivity index (χ0) is 61.0. The molecule has 7 aromatic rings. The van der Waals surface area contributed by atoms with Crippen molar-refractivity contribution < 1.29 is 38.4 Å². The van der Waals surface area contributed by atoms with Gasteiger partial charge in [-0.3, -0.25) is 20.4 Å². The maximum Gasteiger partial charge on any atom is 0.178 e. The second-order valence-electron chi connectivity index (χ2n) is 24.7. The van der Waals surface area contributed by atoms with Crippen LogP contribution in [0, 0.1) is 17.8 Å². The highest BCUT2D eigenvalue weighted by Crippen LogP contribution is 2.36. The number of hydrazone groups is 1. The Morgan fingerprint density at radius 2 is 0.881 bits per heavy atom. The minimum absolute atomic E-state index is 0. The number of hydrogen-bond acceptors (Lipinski definition) is 7. The van der Waals surface area contributed by atoms with Crippen molar-refractivity contribution in [3.63, 3.8) is 0 Å². The average molecular weight is 1240 g/mol. The van der Waals surface area contributed by atoms with Crippen LogP contribution in [0.4, 0.5) is 11.4 Å². The van der Waals surface area contributed by atoms with Crippen LogP contribution in [-0.2, 0) is 39.7 Å². The Morgan fingerprint density at radius 3 is 1.24 bits per heavy atom. The monoisotopic (exact) mass is 1240 g/mol. The van der Waals surface area contributed by atoms with E-state index in [9.17, 15) is 14.4 Å². The van der Waals surface area contributed by atoms with Crippen molar-refractivity contribution in [3.05, 3.63) is 256 Å². The van der Waals surface area contributed by atoms with Crippen LogP contribution in [-0.4, -0.2) is 23.6 Å². The number of benzene rings is 7. The second-order valence-corrected chi connectivity index (χ2v) is 24.7. The van der Waals surface area contributed by atoms with E-state index < -0.39 is 0 Å². The van der Waals surface area contributed by atoms with Crippen molar-refractivity contribution in [3.8, 4) is 0 Å². The summed E-state index contributed by atoms with van der Waals surface area (Å²) < 4.78 is 0. The number of aldehydes is 1. The number of allylic oxidation sites excluding steroid dienone is 3. The van der Waals surface area contributed by atoms with Gasteiger partial charge in [-0.1, -0.05) is 259 Å². The van der Waals surface area contributed by atoms with E-state index in [0.717, 1.165) is 65.7 Å². The maximum absolute atomic E-state index is 12.1. The average Bonchev–Trinajstić information content (AvgIpc) is 4.04. The van der Waals surface area contributed by atoms with Gasteiger partial charge in [-0.05, 0) is 154 Å². The van der Waals surface area contributed by atoms with Gasteiger partial charge in [0.05, 0.1) is 17.4 Å². The van der Waals surface area contributed by atoms with Crippen LogP contribution in [0.2, 0.25) is 0 Å². The quantitative estimate of drug-likeness (QED) is 0.0328. The van der Waals surface area contributed by atoms with Crippen LogP contribution >= 0.6 is 0 Å². The molecule has 8 heteroatoms. The van der Waals surface area contributed by atoms with Crippen molar-refractivity contribution >= 4 is 53.2 Å². The molecule has 0 spiro atoms. The molecule has 444 valence electrons. The number of ketones is 2. The fourth-order valence-corrected chi connectivity index (χ4v) is 8.83. The molecule has 0 amide bonds. The first-order valence-electron chi connectivity index (χ1n) is 29.3. The first-order chi connectivity index (χ1) is 39.4. The smallest absolute Gasteiger partial charge is 0.178 e. The molecule has 0 saturated carbocycles. The normalized spacial score (nSPS) is 13.0. The summed E-state index contributed by atoms with van der Waals surface area (Å²) in [6, 6.07) is 62.8. The number of hydrazine groups is 1. The summed E-state index contributed by atoms with van der Waals surface area (Å²) in [5.74, 6) is 7.26. The summed E-state index contributed by atoms with van der Waals surface area (Å²) in [6.45, 7) is 29.7. The third kappa shape index (κ3) is 27.4. The predicted octanol–water partition coefficient (Wildman–Crippen LogP) is 16.0. The number of halogens is 1. The molecule has 0 fully saturated rings. The van der Waals surface area contributed by atoms with Gasteiger partial charge >= 0.3 is 0 Å². The number of Topliss-reactive ketones (excluding diaryl/α,β-unsaturated/α-hetero) is 1. The number of carbonyl (C=O) groups excluding carboxylic acids is 3. The van der Waals surface area contributed by atoms with Crippen LogP contribution in [0.1, 0.15) is 170 Å². The van der Waals surface area contributed by atoms with E-state index in [2.05, 4.69) is 233 Å². The Balaban J connectivity index is 0.000000318. The van der Waals surface area contributed by atoms with E-state index >= 15 is 0 Å². The second kappa shape index (κ2) is 36.4. The summed E-state index contributed by atoms with van der Waals surface area (Å²) >= 11 is 0. The van der Waals surface area contributed by atoms with Crippen LogP contribution < -0.4 is 40.3 Å². The molecule has 0 bridgehead atoms. The molecule has 7 aromatic carbocycles. The lowest BCUT2D eigenvalue weighted by Crippen LogP contribution is -3.00. The van der Waals surface area contributed by atoms with E-state index in [-0.39, 0.29) is 52.4 Å². The molecule has 8 rings (SSSR count). The molecular formula is C76H94IN4O3-. The van der Waals surface area contributed by atoms with Gasteiger partial charge in [-0.2, -0.15) is 5.10 Å². The summed E-state index contributed by atoms with van der Waals surface area (Å²) in [5, 5.41) is 7.20. The molecule has 0 radical (unpaired) electrons. The van der Waals surface area contributed by atoms with E-state index in [4.69, 9.17) is 10.9 Å². The number of carbonyl (C=O) groups is 3. The fourth-order valence-electron chi connectivity index (χ4n) is 8.83. The van der Waals surface area contributed by atoms with E-state index in [1.807, 2.05) is 66.7 Å². The number of para-hydroxylation sites is 2. The van der Waals surface area contributed by atoms with Gasteiger partial charge in [0.1, 0.15) is 12.1 Å². The van der Waals surface area contributed by atoms with Crippen LogP contribution in [0.3, 0.4) is 0 Å². The van der Waals surface area contributed by atoms with E-state index in [1.165, 1.54) is 52.8 Å². The van der Waals surface area contributed by atoms with Gasteiger partial charge in [0.15, 0.2) is 5.78 Å². The van der Waals surface area contributed by atoms with Gasteiger partial charge in [-0.15, -0.1) is 0 Å². The number of nitrogens with one attached hydrogen (secondary N) is 1. The summed E-state index contributed by atoms with van der Waals surface area (Å²) in [5.41, 5.74) is 18.1. The molecular weight excluding hydrogens is 1140 g/mol. The number of nitrogens with two attached hydrogens (primary N) is 1. The Bertz CT molecular complexity index is 3120. The molecule has 1 aliphatic heterocycles. The molecule has 0 aromatic heterocycles. The summed E-state index contributed by atoms with van der Waals surface area (Å²) in [6.07, 6.45) is 16.4. The van der Waals surface area contributed by atoms with Gasteiger partial charge in [0, 0.05) is 17.7 Å². The lowest BCUT2D eigenvalue weighted by molar-refractivity contribution is -0.115. The lowest BCUT2D eigenvalue weighted by atomic mass is 9.86. The number of anilines is 2. The van der Waals surface area contributed by atoms with Crippen molar-refractivity contribution in [2.75, 3.05) is 10.4 Å². The zero-order valence-electron chi connectivity index (χ0n) is 52.6. The minimum Gasteiger partial charge on any atom is -1.00 e. The SMILES string of the molecule is CC(C)=O.CC(C)Cc1ccc(/C=C/C(=O)/C=C/c2ccc(C(C)(C)C)cc2)cc1.CC(C)Cc1ccc(C2CC(/C=C/c3ccc(C(C)(C)C)cc3)=NN2c2ccccc2)cc1.CC(C)Cc1ccc(C=O)cc1.NNc1ccccc1.[I-]. The number of hydrogen-bond donors (Lipinski definition) is 2. The highest BCUT2D eigenvalue weighted by molar-refractivity contribution is 6.04. The molecule has 0 aliphatic carbocycles. The number of rotatable bonds is 16. The molecule has 3 N–H and O–H groups in total. The molecule has 7 nitrogen and oxygen atoms in total. The van der Waals surface area contributed by atoms with Crippen molar-refractivity contribution in [1.29, 1.82) is 0 Å². The number of nitrogen functional groups attached to an aromatic ring is 1. The van der Waals surface area contributed by atoms with E-state index in [0.29, 0.717) is 17.8 Å². The first-order valence-corrected chi connectivity index (χ1v) is 29.3. The highest BCUT2D eigenvalue weighted by Gasteiger charge is 2.28. The van der Waals surface area contributed by atoms with Gasteiger partial charge < -0.3 is 34.2 Å². The van der Waals surface area contributed by atoms with Crippen molar-refractivity contribution in [2.45, 2.75) is 139 Å². The molecule has 0 saturated heterocycles. The Morgan fingerprint density at radius 1 is 0.524 bits per heavy atom. The lowest BCUT2D eigenvalue weighted by Gasteiger charge is -2.24. The zero-order valence-corrected chi connectivity index (χ0v) is 54.7. The predicted molar refractivity (Wildman–Crippen MR) is 357 cm³/mol. The topological polar surface area (TPSA) is 105 Å². The molecule has 1 atom stereocenters. The molecule has 1 heterocycles. The van der Waals surface area contributed by atoms with Gasteiger partial charge in [0.25, 0.3) is 0 Å². The first kappa shape index (κ1) is 71.0. The molecule has 84 heavy (non-hydrogen) atoms. The molecule has 1 unspecified atom stereocenters. The maximum atomic E-state index is 12.1. The van der Waals surface area contributed by atoms with E-state index in [1.54, 1.807) is 12.2 Å². The Hall–Kier alpha value is -7.27. The van der Waals surface area contributed by atoms with Crippen LogP contribution in [0.5, 0.6) is 0 Å². The van der Waals surface area contributed by atoms with Crippen LogP contribution in [0.25, 0.3) is 18.2 Å². The summed E-state index contributed by atoms with van der Waals surface area (Å²) in [4.78, 5) is 31.8. The number of nitrogens with zero attached hydrogens (tertiary/aromatic N) is 2. The summed E-state index contributed by atoms with van der Waals surface area (Å²) in [7, 11) is 0. The highest BCUT2D eigenvalue weighted by atomic mass is 127. The van der Waals surface area contributed by atoms with Gasteiger partial charge in [-0.25, -0.2) is 0 Å². The van der Waals surface area contributed by atoms with Gasteiger partial charge in [0.2, 0.25) is 0 Å². The minimum atomic E-state index is -0.00356. The largest absolute Gasteiger partial charge is 1.00 e. The van der Waals surface area contributed by atoms with Crippen molar-refractivity contribution in [1.82, 2.24) is 0 Å². The molecule has 1 aliphatic rings. The third-order valence-electron chi connectivity index (χ3n) is 13.2. The standard InChI is InChI=1S/C31H36N2.C25H30O.C11H14O.C6H8N2.C3H6O.HI/c1-23(2)21-25-11-16-26(17-12-25)30-22-28(32-33(30)29-9-7-6-8-10-29)20-15-24-13-18-27(19-14-24)31(3,4)5;1-19(2)18-22-8-6-20(7-9-22)12-16-24(26)17-13-21-10-14-23(15-11-21)25(3,4)5;1-9(2)7-10-3-5-11(8-12)6-4-10;7-8-6-4-2-1-3-5-6;1-3(2)4;/h6-20,23,30H,21-22H2,1-5H3;6-17,19H,18H2,1-5H3;3-6,8-9H,7H2,1-2H3;1-5,8H,7H2;1-2H3;1H/p-1/b20-15+;16-12+,17-13+;;;;.